The van der Waals surface area contributed by atoms with Gasteiger partial charge in [0.1, 0.15) is 6.33 Å². The summed E-state index contributed by atoms with van der Waals surface area (Å²) < 4.78 is 1.68. The van der Waals surface area contributed by atoms with Crippen molar-refractivity contribution in [2.24, 2.45) is 7.05 Å². The standard InChI is InChI=1S/C11H11N3OS/c1-8-3-4-10(9(5-8)6-15)16-11-12-7-13-14(11)2/h3-7H,1-2H3. The highest BCUT2D eigenvalue weighted by molar-refractivity contribution is 7.99. The zero-order valence-corrected chi connectivity index (χ0v) is 9.86. The number of carbonyl (C=O) groups is 1. The largest absolute Gasteiger partial charge is 0.298 e. The van der Waals surface area contributed by atoms with Gasteiger partial charge in [0.15, 0.2) is 11.4 Å². The Morgan fingerprint density at radius 1 is 1.44 bits per heavy atom. The molecule has 0 saturated heterocycles. The maximum atomic E-state index is 10.9. The van der Waals surface area contributed by atoms with E-state index in [1.165, 1.54) is 18.1 Å². The van der Waals surface area contributed by atoms with Gasteiger partial charge in [-0.3, -0.25) is 4.79 Å². The highest BCUT2D eigenvalue weighted by Gasteiger charge is 2.07. The van der Waals surface area contributed by atoms with E-state index in [9.17, 15) is 4.79 Å². The fourth-order valence-corrected chi connectivity index (χ4v) is 2.17. The van der Waals surface area contributed by atoms with Crippen molar-refractivity contribution in [1.82, 2.24) is 14.8 Å². The van der Waals surface area contributed by atoms with E-state index >= 15 is 0 Å². The molecule has 0 saturated carbocycles. The second-order valence-corrected chi connectivity index (χ2v) is 4.44. The van der Waals surface area contributed by atoms with Crippen LogP contribution in [0.1, 0.15) is 15.9 Å². The lowest BCUT2D eigenvalue weighted by Crippen LogP contribution is -1.94. The van der Waals surface area contributed by atoms with Crippen LogP contribution < -0.4 is 0 Å². The van der Waals surface area contributed by atoms with Gasteiger partial charge in [-0.15, -0.1) is 0 Å². The van der Waals surface area contributed by atoms with Crippen molar-refractivity contribution in [2.45, 2.75) is 17.0 Å². The van der Waals surface area contributed by atoms with Gasteiger partial charge in [0.05, 0.1) is 0 Å². The third-order valence-electron chi connectivity index (χ3n) is 2.16. The normalized spacial score (nSPS) is 10.4. The van der Waals surface area contributed by atoms with Crippen LogP contribution in [0.2, 0.25) is 0 Å². The Hall–Kier alpha value is -1.62. The van der Waals surface area contributed by atoms with E-state index < -0.39 is 0 Å². The first kappa shape index (κ1) is 10.9. The molecular formula is C11H11N3OS. The first-order chi connectivity index (χ1) is 7.70. The zero-order valence-electron chi connectivity index (χ0n) is 9.04. The van der Waals surface area contributed by atoms with E-state index in [0.29, 0.717) is 5.56 Å². The first-order valence-electron chi connectivity index (χ1n) is 4.78. The highest BCUT2D eigenvalue weighted by atomic mass is 32.2. The molecule has 0 bridgehead atoms. The SMILES string of the molecule is Cc1ccc(Sc2ncnn2C)c(C=O)c1. The number of hydrogen-bond donors (Lipinski definition) is 0. The van der Waals surface area contributed by atoms with Gasteiger partial charge < -0.3 is 0 Å². The summed E-state index contributed by atoms with van der Waals surface area (Å²) in [6.45, 7) is 1.96. The zero-order chi connectivity index (χ0) is 11.5. The van der Waals surface area contributed by atoms with Gasteiger partial charge in [-0.05, 0) is 30.8 Å². The Balaban J connectivity index is 2.34. The Kier molecular flexibility index (Phi) is 3.05. The minimum atomic E-state index is 0.688. The third kappa shape index (κ3) is 2.14. The molecule has 1 aromatic carbocycles. The average molecular weight is 233 g/mol. The molecule has 82 valence electrons. The van der Waals surface area contributed by atoms with Gasteiger partial charge >= 0.3 is 0 Å². The topological polar surface area (TPSA) is 47.8 Å². The number of aromatic nitrogens is 3. The molecule has 1 aromatic heterocycles. The minimum Gasteiger partial charge on any atom is -0.298 e. The van der Waals surface area contributed by atoms with Crippen LogP contribution in [-0.2, 0) is 7.05 Å². The molecule has 0 N–H and O–H groups in total. The van der Waals surface area contributed by atoms with Gasteiger partial charge in [0.25, 0.3) is 0 Å². The number of nitrogens with zero attached hydrogens (tertiary/aromatic N) is 3. The van der Waals surface area contributed by atoms with Crippen molar-refractivity contribution in [1.29, 1.82) is 0 Å². The predicted molar refractivity (Wildman–Crippen MR) is 61.7 cm³/mol. The lowest BCUT2D eigenvalue weighted by molar-refractivity contribution is 0.112. The van der Waals surface area contributed by atoms with E-state index in [1.54, 1.807) is 4.68 Å². The van der Waals surface area contributed by atoms with Crippen LogP contribution >= 0.6 is 11.8 Å². The van der Waals surface area contributed by atoms with Crippen LogP contribution in [0.3, 0.4) is 0 Å². The maximum absolute atomic E-state index is 10.9. The number of aldehydes is 1. The first-order valence-corrected chi connectivity index (χ1v) is 5.60. The number of aryl methyl sites for hydroxylation is 2. The molecule has 16 heavy (non-hydrogen) atoms. The van der Waals surface area contributed by atoms with Crippen molar-refractivity contribution in [2.75, 3.05) is 0 Å². The summed E-state index contributed by atoms with van der Waals surface area (Å²) in [4.78, 5) is 15.9. The Labute approximate surface area is 97.7 Å². The molecule has 0 fully saturated rings. The lowest BCUT2D eigenvalue weighted by atomic mass is 10.2. The van der Waals surface area contributed by atoms with Crippen LogP contribution in [0.25, 0.3) is 0 Å². The molecule has 0 radical (unpaired) electrons. The highest BCUT2D eigenvalue weighted by Crippen LogP contribution is 2.28. The molecule has 0 aliphatic heterocycles. The van der Waals surface area contributed by atoms with Gasteiger partial charge in [0.2, 0.25) is 0 Å². The molecule has 0 aliphatic rings. The van der Waals surface area contributed by atoms with Gasteiger partial charge in [-0.1, -0.05) is 11.6 Å². The summed E-state index contributed by atoms with van der Waals surface area (Å²) in [5.74, 6) is 0. The molecule has 2 rings (SSSR count). The fourth-order valence-electron chi connectivity index (χ4n) is 1.33. The van der Waals surface area contributed by atoms with Crippen LogP contribution in [0, 0.1) is 6.92 Å². The number of rotatable bonds is 3. The molecule has 5 heteroatoms. The summed E-state index contributed by atoms with van der Waals surface area (Å²) in [7, 11) is 1.82. The van der Waals surface area contributed by atoms with Crippen LogP contribution in [-0.4, -0.2) is 21.1 Å². The monoisotopic (exact) mass is 233 g/mol. The maximum Gasteiger partial charge on any atom is 0.190 e. The van der Waals surface area contributed by atoms with Crippen LogP contribution in [0.15, 0.2) is 34.6 Å². The van der Waals surface area contributed by atoms with Crippen LogP contribution in [0.4, 0.5) is 0 Å². The molecule has 4 nitrogen and oxygen atoms in total. The molecule has 2 aromatic rings. The average Bonchev–Trinajstić information content (AvgIpc) is 2.67. The number of carbonyl (C=O) groups excluding carboxylic acids is 1. The fraction of sp³-hybridized carbons (Fsp3) is 0.182. The Morgan fingerprint density at radius 3 is 2.88 bits per heavy atom. The van der Waals surface area contributed by atoms with Crippen molar-refractivity contribution in [3.05, 3.63) is 35.7 Å². The van der Waals surface area contributed by atoms with E-state index in [1.807, 2.05) is 32.2 Å². The lowest BCUT2D eigenvalue weighted by Gasteiger charge is -2.04. The number of benzene rings is 1. The molecule has 0 unspecified atom stereocenters. The van der Waals surface area contributed by atoms with E-state index in [2.05, 4.69) is 10.1 Å². The second-order valence-electron chi connectivity index (χ2n) is 3.43. The van der Waals surface area contributed by atoms with Crippen molar-refractivity contribution in [3.8, 4) is 0 Å². The Morgan fingerprint density at radius 2 is 2.25 bits per heavy atom. The molecule has 0 spiro atoms. The smallest absolute Gasteiger partial charge is 0.190 e. The van der Waals surface area contributed by atoms with E-state index in [-0.39, 0.29) is 0 Å². The quantitative estimate of drug-likeness (QED) is 0.762. The summed E-state index contributed by atoms with van der Waals surface area (Å²) in [6, 6.07) is 5.77. The van der Waals surface area contributed by atoms with Crippen molar-refractivity contribution in [3.63, 3.8) is 0 Å². The van der Waals surface area contributed by atoms with E-state index in [4.69, 9.17) is 0 Å². The number of hydrogen-bond acceptors (Lipinski definition) is 4. The third-order valence-corrected chi connectivity index (χ3v) is 3.31. The van der Waals surface area contributed by atoms with Crippen molar-refractivity contribution < 1.29 is 4.79 Å². The summed E-state index contributed by atoms with van der Waals surface area (Å²) in [5.41, 5.74) is 1.76. The summed E-state index contributed by atoms with van der Waals surface area (Å²) in [5, 5.41) is 4.75. The predicted octanol–water partition coefficient (Wildman–Crippen LogP) is 2.09. The van der Waals surface area contributed by atoms with Gasteiger partial charge in [-0.2, -0.15) is 5.10 Å². The Bertz CT molecular complexity index is 522. The minimum absolute atomic E-state index is 0.688. The second kappa shape index (κ2) is 4.49. The van der Waals surface area contributed by atoms with E-state index in [0.717, 1.165) is 21.9 Å². The summed E-state index contributed by atoms with van der Waals surface area (Å²) >= 11 is 1.44. The molecule has 1 heterocycles. The van der Waals surface area contributed by atoms with Crippen molar-refractivity contribution >= 4 is 18.0 Å². The van der Waals surface area contributed by atoms with Crippen LogP contribution in [0.5, 0.6) is 0 Å². The molecule has 0 atom stereocenters. The van der Waals surface area contributed by atoms with Gasteiger partial charge in [-0.25, -0.2) is 9.67 Å². The van der Waals surface area contributed by atoms with Gasteiger partial charge in [0, 0.05) is 17.5 Å². The molecular weight excluding hydrogens is 222 g/mol. The molecule has 0 amide bonds. The summed E-state index contributed by atoms with van der Waals surface area (Å²) in [6.07, 6.45) is 2.36. The molecule has 0 aliphatic carbocycles.